The highest BCUT2D eigenvalue weighted by molar-refractivity contribution is 5.61. The molecule has 1 saturated heterocycles. The first-order chi connectivity index (χ1) is 12.2. The smallest absolute Gasteiger partial charge is 0.225 e. The van der Waals surface area contributed by atoms with Crippen LogP contribution in [-0.4, -0.2) is 39.3 Å². The number of anilines is 1. The van der Waals surface area contributed by atoms with Gasteiger partial charge < -0.3 is 10.0 Å². The predicted octanol–water partition coefficient (Wildman–Crippen LogP) is 2.44. The van der Waals surface area contributed by atoms with Crippen molar-refractivity contribution < 1.29 is 5.11 Å². The fraction of sp³-hybridized carbons (Fsp3) is 0.474. The molecular formula is C19H21N5O. The van der Waals surface area contributed by atoms with Crippen LogP contribution < -0.4 is 4.90 Å². The highest BCUT2D eigenvalue weighted by Crippen LogP contribution is 2.42. The number of aliphatic hydroxyl groups is 1. The summed E-state index contributed by atoms with van der Waals surface area (Å²) < 4.78 is 0. The van der Waals surface area contributed by atoms with Gasteiger partial charge in [0.15, 0.2) is 0 Å². The molecule has 1 aliphatic carbocycles. The molecule has 2 aliphatic rings. The maximum Gasteiger partial charge on any atom is 0.225 e. The Morgan fingerprint density at radius 2 is 1.72 bits per heavy atom. The van der Waals surface area contributed by atoms with Gasteiger partial charge >= 0.3 is 0 Å². The number of rotatable bonds is 3. The quantitative estimate of drug-likeness (QED) is 0.927. The predicted molar refractivity (Wildman–Crippen MR) is 93.9 cm³/mol. The maximum atomic E-state index is 9.59. The third kappa shape index (κ3) is 2.96. The highest BCUT2D eigenvalue weighted by Gasteiger charge is 2.40. The summed E-state index contributed by atoms with van der Waals surface area (Å²) in [6.07, 6.45) is 9.65. The lowest BCUT2D eigenvalue weighted by molar-refractivity contribution is 0.145. The van der Waals surface area contributed by atoms with E-state index < -0.39 is 0 Å². The minimum atomic E-state index is -0.377. The first-order valence-electron chi connectivity index (χ1n) is 8.83. The Labute approximate surface area is 147 Å². The van der Waals surface area contributed by atoms with E-state index in [2.05, 4.69) is 25.9 Å². The second-order valence-corrected chi connectivity index (χ2v) is 6.97. The minimum absolute atomic E-state index is 0.201. The molecule has 25 heavy (non-hydrogen) atoms. The normalized spacial score (nSPS) is 19.9. The Bertz CT molecular complexity index is 769. The fourth-order valence-corrected chi connectivity index (χ4v) is 3.50. The van der Waals surface area contributed by atoms with Gasteiger partial charge in [-0.25, -0.2) is 9.97 Å². The summed E-state index contributed by atoms with van der Waals surface area (Å²) in [6.45, 7) is 1.57. The molecule has 4 rings (SSSR count). The molecule has 0 radical (unpaired) electrons. The van der Waals surface area contributed by atoms with Crippen molar-refractivity contribution in [3.05, 3.63) is 36.4 Å². The van der Waals surface area contributed by atoms with Gasteiger partial charge in [0, 0.05) is 42.8 Å². The van der Waals surface area contributed by atoms with Gasteiger partial charge in [0.1, 0.15) is 0 Å². The second kappa shape index (κ2) is 6.41. The number of hydrogen-bond donors (Lipinski definition) is 1. The van der Waals surface area contributed by atoms with Crippen LogP contribution in [-0.2, 0) is 5.41 Å². The van der Waals surface area contributed by atoms with Crippen molar-refractivity contribution in [2.45, 2.75) is 43.6 Å². The summed E-state index contributed by atoms with van der Waals surface area (Å²) in [4.78, 5) is 15.6. The number of pyridine rings is 1. The monoisotopic (exact) mass is 335 g/mol. The first kappa shape index (κ1) is 16.0. The van der Waals surface area contributed by atoms with Gasteiger partial charge in [-0.3, -0.25) is 4.98 Å². The van der Waals surface area contributed by atoms with Gasteiger partial charge in [0.25, 0.3) is 0 Å². The van der Waals surface area contributed by atoms with Crippen LogP contribution >= 0.6 is 0 Å². The molecule has 128 valence electrons. The Kier molecular flexibility index (Phi) is 4.10. The van der Waals surface area contributed by atoms with Crippen molar-refractivity contribution in [2.24, 2.45) is 0 Å². The zero-order valence-electron chi connectivity index (χ0n) is 14.1. The van der Waals surface area contributed by atoms with Crippen molar-refractivity contribution in [3.8, 4) is 17.2 Å². The van der Waals surface area contributed by atoms with Gasteiger partial charge in [-0.05, 0) is 38.2 Å². The van der Waals surface area contributed by atoms with E-state index in [1.807, 2.05) is 30.7 Å². The Morgan fingerprint density at radius 3 is 2.24 bits per heavy atom. The van der Waals surface area contributed by atoms with Gasteiger partial charge in [0.2, 0.25) is 5.95 Å². The fourth-order valence-electron chi connectivity index (χ4n) is 3.50. The minimum Gasteiger partial charge on any atom is -0.393 e. The van der Waals surface area contributed by atoms with Gasteiger partial charge in [-0.1, -0.05) is 6.07 Å². The molecule has 2 aromatic rings. The number of aromatic nitrogens is 3. The maximum absolute atomic E-state index is 9.59. The summed E-state index contributed by atoms with van der Waals surface area (Å²) in [5, 5.41) is 19.0. The van der Waals surface area contributed by atoms with Crippen molar-refractivity contribution in [2.75, 3.05) is 18.0 Å². The Hall–Kier alpha value is -2.52. The van der Waals surface area contributed by atoms with Crippen molar-refractivity contribution in [3.63, 3.8) is 0 Å². The van der Waals surface area contributed by atoms with Crippen LogP contribution in [0.1, 0.15) is 37.8 Å². The average Bonchev–Trinajstić information content (AvgIpc) is 2.63. The standard InChI is InChI=1S/C19H21N5O/c20-13-19(6-1-7-19)17-3-2-14(10-21-17)15-11-22-18(23-12-15)24-8-4-16(25)5-9-24/h2-3,10-12,16,25H,1,4-9H2. The molecule has 1 N–H and O–H groups in total. The number of piperidine rings is 1. The number of nitrogens with zero attached hydrogens (tertiary/aromatic N) is 5. The summed E-state index contributed by atoms with van der Waals surface area (Å²) >= 11 is 0. The van der Waals surface area contributed by atoms with E-state index in [9.17, 15) is 10.4 Å². The van der Waals surface area contributed by atoms with Crippen LogP contribution in [0.15, 0.2) is 30.7 Å². The lowest BCUT2D eigenvalue weighted by Gasteiger charge is -2.34. The molecule has 6 nitrogen and oxygen atoms in total. The molecule has 0 atom stereocenters. The average molecular weight is 335 g/mol. The SMILES string of the molecule is N#CC1(c2ccc(-c3cnc(N4CCC(O)CC4)nc3)cn2)CCC1. The molecule has 0 aromatic carbocycles. The molecule has 0 spiro atoms. The molecule has 0 unspecified atom stereocenters. The van der Waals surface area contributed by atoms with Crippen LogP contribution in [0.4, 0.5) is 5.95 Å². The largest absolute Gasteiger partial charge is 0.393 e. The summed E-state index contributed by atoms with van der Waals surface area (Å²) in [7, 11) is 0. The third-order valence-corrected chi connectivity index (χ3v) is 5.39. The number of hydrogen-bond acceptors (Lipinski definition) is 6. The van der Waals surface area contributed by atoms with Crippen LogP contribution in [0.2, 0.25) is 0 Å². The molecule has 2 fully saturated rings. The Balaban J connectivity index is 1.50. The molecular weight excluding hydrogens is 314 g/mol. The van der Waals surface area contributed by atoms with Crippen LogP contribution in [0.3, 0.4) is 0 Å². The van der Waals surface area contributed by atoms with E-state index in [0.717, 1.165) is 62.0 Å². The lowest BCUT2D eigenvalue weighted by Crippen LogP contribution is -2.36. The lowest BCUT2D eigenvalue weighted by atomic mass is 9.67. The van der Waals surface area contributed by atoms with E-state index in [0.29, 0.717) is 5.95 Å². The molecule has 2 aromatic heterocycles. The summed E-state index contributed by atoms with van der Waals surface area (Å²) in [6, 6.07) is 6.38. The second-order valence-electron chi connectivity index (χ2n) is 6.97. The van der Waals surface area contributed by atoms with Crippen LogP contribution in [0, 0.1) is 11.3 Å². The number of nitriles is 1. The number of aliphatic hydroxyl groups excluding tert-OH is 1. The van der Waals surface area contributed by atoms with Gasteiger partial charge in [-0.2, -0.15) is 5.26 Å². The molecule has 1 saturated carbocycles. The molecule has 1 aliphatic heterocycles. The van der Waals surface area contributed by atoms with Gasteiger partial charge in [-0.15, -0.1) is 0 Å². The summed E-state index contributed by atoms with van der Waals surface area (Å²) in [5.41, 5.74) is 2.36. The van der Waals surface area contributed by atoms with E-state index in [1.54, 1.807) is 0 Å². The van der Waals surface area contributed by atoms with Gasteiger partial charge in [0.05, 0.1) is 23.3 Å². The Morgan fingerprint density at radius 1 is 1.04 bits per heavy atom. The van der Waals surface area contributed by atoms with Crippen LogP contribution in [0.25, 0.3) is 11.1 Å². The zero-order chi connectivity index (χ0) is 17.3. The van der Waals surface area contributed by atoms with Crippen molar-refractivity contribution in [1.82, 2.24) is 15.0 Å². The third-order valence-electron chi connectivity index (χ3n) is 5.39. The van der Waals surface area contributed by atoms with Crippen LogP contribution in [0.5, 0.6) is 0 Å². The van der Waals surface area contributed by atoms with E-state index in [-0.39, 0.29) is 11.5 Å². The molecule has 0 amide bonds. The van der Waals surface area contributed by atoms with E-state index in [1.165, 1.54) is 0 Å². The highest BCUT2D eigenvalue weighted by atomic mass is 16.3. The zero-order valence-corrected chi connectivity index (χ0v) is 14.1. The van der Waals surface area contributed by atoms with E-state index >= 15 is 0 Å². The molecule has 0 bridgehead atoms. The topological polar surface area (TPSA) is 85.9 Å². The van der Waals surface area contributed by atoms with Crippen molar-refractivity contribution >= 4 is 5.95 Å². The summed E-state index contributed by atoms with van der Waals surface area (Å²) in [5.74, 6) is 0.707. The van der Waals surface area contributed by atoms with E-state index in [4.69, 9.17) is 0 Å². The molecule has 6 heteroatoms. The van der Waals surface area contributed by atoms with Crippen molar-refractivity contribution in [1.29, 1.82) is 5.26 Å². The molecule has 3 heterocycles. The first-order valence-corrected chi connectivity index (χ1v) is 8.83.